The van der Waals surface area contributed by atoms with Crippen molar-refractivity contribution in [2.45, 2.75) is 91.3 Å². The largest absolute Gasteiger partial charge is 0.493 e. The molecule has 20 heteroatoms. The summed E-state index contributed by atoms with van der Waals surface area (Å²) >= 11 is 7.93. The number of esters is 1. The summed E-state index contributed by atoms with van der Waals surface area (Å²) in [6.45, 7) is 14.1. The summed E-state index contributed by atoms with van der Waals surface area (Å²) in [5, 5.41) is 18.6. The number of aliphatic imine (C=N–C) groups is 1. The molecular formula is C53H64ClFN8O9S. The van der Waals surface area contributed by atoms with E-state index in [9.17, 15) is 33.5 Å². The van der Waals surface area contributed by atoms with Gasteiger partial charge in [0.25, 0.3) is 0 Å². The molecule has 3 amide bonds. The number of fused-ring (bicyclic) bond motifs is 4. The van der Waals surface area contributed by atoms with Crippen LogP contribution in [0.2, 0.25) is 5.02 Å². The highest BCUT2D eigenvalue weighted by atomic mass is 35.5. The molecule has 4 aliphatic rings. The molecule has 17 nitrogen and oxygen atoms in total. The van der Waals surface area contributed by atoms with Crippen LogP contribution in [0.25, 0.3) is 11.3 Å². The van der Waals surface area contributed by atoms with Gasteiger partial charge in [0, 0.05) is 104 Å². The molecule has 8 rings (SSSR count). The number of carboxylic acids is 1. The third-order valence-corrected chi connectivity index (χ3v) is 15.1. The second-order valence-electron chi connectivity index (χ2n) is 21.0. The second-order valence-corrected chi connectivity index (χ2v) is 22.3. The number of carboxylic acid groups (broad SMARTS) is 1. The van der Waals surface area contributed by atoms with Crippen LogP contribution in [-0.2, 0) is 20.7 Å². The van der Waals surface area contributed by atoms with Crippen LogP contribution in [0.15, 0.2) is 75.2 Å². The Bertz CT molecular complexity index is 2880. The van der Waals surface area contributed by atoms with Gasteiger partial charge in [-0.2, -0.15) is 0 Å². The van der Waals surface area contributed by atoms with Gasteiger partial charge in [0.05, 0.1) is 38.1 Å². The molecule has 73 heavy (non-hydrogen) atoms. The normalized spacial score (nSPS) is 18.9. The number of thiazole rings is 1. The zero-order valence-corrected chi connectivity index (χ0v) is 44.0. The second kappa shape index (κ2) is 22.0. The summed E-state index contributed by atoms with van der Waals surface area (Å²) in [5.41, 5.74) is 2.19. The molecule has 2 aromatic heterocycles. The Morgan fingerprint density at radius 1 is 1.00 bits per heavy atom. The van der Waals surface area contributed by atoms with Gasteiger partial charge < -0.3 is 44.3 Å². The topological polar surface area (TPSA) is 197 Å². The number of amides is 3. The van der Waals surface area contributed by atoms with Crippen LogP contribution >= 0.6 is 22.9 Å². The third-order valence-electron chi connectivity index (χ3n) is 14.0. The molecule has 390 valence electrons. The van der Waals surface area contributed by atoms with E-state index in [0.29, 0.717) is 98.1 Å². The number of urea groups is 1. The maximum absolute atomic E-state index is 14.2. The fraction of sp³-hybridized carbons (Fsp3) is 0.491. The van der Waals surface area contributed by atoms with E-state index in [-0.39, 0.29) is 52.0 Å². The number of nitrogens with zero attached hydrogens (tertiary/aromatic N) is 6. The molecule has 2 fully saturated rings. The molecule has 0 radical (unpaired) electrons. The highest BCUT2D eigenvalue weighted by Crippen LogP contribution is 2.46. The Hall–Kier alpha value is -6.31. The third kappa shape index (κ3) is 11.9. The molecule has 0 aliphatic carbocycles. The van der Waals surface area contributed by atoms with Crippen molar-refractivity contribution in [3.63, 3.8) is 0 Å². The number of piperazine rings is 1. The Morgan fingerprint density at radius 3 is 2.48 bits per heavy atom. The number of aromatic carboxylic acids is 1. The average Bonchev–Trinajstić information content (AvgIpc) is 3.98. The first-order valence-corrected chi connectivity index (χ1v) is 25.9. The summed E-state index contributed by atoms with van der Waals surface area (Å²) in [5.74, 6) is -0.838. The van der Waals surface area contributed by atoms with E-state index in [1.54, 1.807) is 13.3 Å². The monoisotopic (exact) mass is 1040 g/mol. The van der Waals surface area contributed by atoms with Crippen molar-refractivity contribution >= 4 is 52.7 Å². The van der Waals surface area contributed by atoms with Crippen molar-refractivity contribution in [2.75, 3.05) is 66.6 Å². The van der Waals surface area contributed by atoms with Crippen LogP contribution in [0.4, 0.5) is 9.18 Å². The minimum Gasteiger partial charge on any atom is -0.493 e. The summed E-state index contributed by atoms with van der Waals surface area (Å²) in [4.78, 5) is 80.3. The van der Waals surface area contributed by atoms with Gasteiger partial charge in [-0.3, -0.25) is 19.5 Å². The minimum atomic E-state index is -1.25. The first-order chi connectivity index (χ1) is 34.7. The van der Waals surface area contributed by atoms with Gasteiger partial charge in [-0.25, -0.2) is 23.8 Å². The first-order valence-electron chi connectivity index (χ1n) is 24.6. The molecule has 1 unspecified atom stereocenters. The van der Waals surface area contributed by atoms with Crippen molar-refractivity contribution in [1.82, 2.24) is 34.9 Å². The van der Waals surface area contributed by atoms with E-state index in [4.69, 9.17) is 30.8 Å². The number of hydrogen-bond donors (Lipinski definition) is 3. The van der Waals surface area contributed by atoms with Crippen molar-refractivity contribution < 1.29 is 42.9 Å². The van der Waals surface area contributed by atoms with Gasteiger partial charge in [-0.15, -0.1) is 11.3 Å². The van der Waals surface area contributed by atoms with Crippen LogP contribution in [0.1, 0.15) is 105 Å². The molecule has 2 aromatic carbocycles. The standard InChI is InChI=1S/C53H64ClFN8O9S/c1-52(2,3)43-21-31-20-42(41(70-6)23-35(31)39-24-40(64)36(49(66)67)28-63(39)43)72-18-11-9-8-10-14-56-44(65)25-53(4,5)30-61-27-33-26-60(16-17-62(33)51(61)69)29-38-45(50(68)71-7)46(34-13-12-32(55)22-37(34)54)59-47(58-38)48-57-15-19-73-48/h12-13,15,19-20,22-24,28,33,43,46H,8-11,14,16-18,21,25-27,29-30H2,1-7H3,(H,56,65)(H,58,59)(H,66,67)/t33-,43?,46-/m0/s1. The Morgan fingerprint density at radius 2 is 1.78 bits per heavy atom. The number of halogens is 2. The lowest BCUT2D eigenvalue weighted by atomic mass is 9.78. The van der Waals surface area contributed by atoms with E-state index in [1.165, 1.54) is 48.9 Å². The van der Waals surface area contributed by atoms with E-state index < -0.39 is 34.6 Å². The van der Waals surface area contributed by atoms with Gasteiger partial charge in [0.1, 0.15) is 17.4 Å². The zero-order valence-electron chi connectivity index (χ0n) is 42.4. The molecule has 0 bridgehead atoms. The van der Waals surface area contributed by atoms with Crippen LogP contribution in [0.5, 0.6) is 11.5 Å². The molecule has 0 saturated carbocycles. The Kier molecular flexibility index (Phi) is 16.0. The minimum absolute atomic E-state index is 0.0581. The number of aromatic nitrogens is 2. The Labute approximate surface area is 433 Å². The van der Waals surface area contributed by atoms with Gasteiger partial charge >= 0.3 is 18.0 Å². The lowest BCUT2D eigenvalue weighted by Crippen LogP contribution is -2.53. The Balaban J connectivity index is 0.796. The number of unbranched alkanes of at least 4 members (excludes halogenated alkanes) is 3. The van der Waals surface area contributed by atoms with E-state index in [0.717, 1.165) is 36.8 Å². The van der Waals surface area contributed by atoms with Crippen molar-refractivity contribution in [1.29, 1.82) is 0 Å². The molecule has 3 atom stereocenters. The smallest absolute Gasteiger partial charge is 0.341 e. The van der Waals surface area contributed by atoms with Crippen LogP contribution in [-0.4, -0.2) is 132 Å². The van der Waals surface area contributed by atoms with Crippen molar-refractivity contribution in [3.8, 4) is 22.8 Å². The highest BCUT2D eigenvalue weighted by Gasteiger charge is 2.44. The predicted molar refractivity (Wildman–Crippen MR) is 276 cm³/mol. The number of pyridine rings is 1. The number of benzene rings is 2. The maximum Gasteiger partial charge on any atom is 0.341 e. The summed E-state index contributed by atoms with van der Waals surface area (Å²) in [6.07, 6.45) is 7.38. The van der Waals surface area contributed by atoms with Crippen LogP contribution in [0, 0.1) is 16.6 Å². The maximum atomic E-state index is 14.2. The molecule has 2 saturated heterocycles. The molecule has 4 aliphatic heterocycles. The van der Waals surface area contributed by atoms with Crippen molar-refractivity contribution in [3.05, 3.63) is 108 Å². The fourth-order valence-electron chi connectivity index (χ4n) is 10.4. The van der Waals surface area contributed by atoms with Crippen LogP contribution in [0.3, 0.4) is 0 Å². The highest BCUT2D eigenvalue weighted by molar-refractivity contribution is 7.11. The zero-order chi connectivity index (χ0) is 52.4. The number of carbonyl (C=O) groups excluding carboxylic acids is 3. The van der Waals surface area contributed by atoms with Gasteiger partial charge in [0.15, 0.2) is 27.8 Å². The number of methoxy groups -OCH3 is 2. The first kappa shape index (κ1) is 53.0. The summed E-state index contributed by atoms with van der Waals surface area (Å²) < 4.78 is 33.3. The van der Waals surface area contributed by atoms with E-state index in [1.807, 2.05) is 45.7 Å². The predicted octanol–water partition coefficient (Wildman–Crippen LogP) is 7.73. The lowest BCUT2D eigenvalue weighted by molar-refractivity contribution is -0.136. The van der Waals surface area contributed by atoms with E-state index in [2.05, 4.69) is 41.3 Å². The molecule has 0 spiro atoms. The fourth-order valence-corrected chi connectivity index (χ4v) is 11.2. The molecule has 6 heterocycles. The number of hydrogen-bond acceptors (Lipinski definition) is 13. The summed E-state index contributed by atoms with van der Waals surface area (Å²) in [6, 6.07) is 8.09. The molecule has 3 N–H and O–H groups in total. The van der Waals surface area contributed by atoms with Gasteiger partial charge in [-0.1, -0.05) is 65.1 Å². The number of carbonyl (C=O) groups is 4. The quantitative estimate of drug-likeness (QED) is 0.0612. The van der Waals surface area contributed by atoms with Gasteiger partial charge in [0.2, 0.25) is 5.91 Å². The van der Waals surface area contributed by atoms with E-state index >= 15 is 0 Å². The SMILES string of the molecule is COC(=O)C1=C(CN2CCN3C(=O)N(CC(C)(C)CC(=O)NCCCCCCOc4cc5c(cc4OC)-c4cc(=O)c(C(=O)O)cn4C(C(C)(C)C)C5)C[C@@H]3C2)NC(c2nccs2)=N[C@H]1c1ccc(F)cc1Cl. The number of nitrogens with one attached hydrogen (secondary N) is 2. The number of amidine groups is 1. The number of ether oxygens (including phenoxy) is 3. The van der Waals surface area contributed by atoms with Crippen molar-refractivity contribution in [2.24, 2.45) is 15.8 Å². The van der Waals surface area contributed by atoms with Crippen LogP contribution < -0.4 is 25.5 Å². The lowest BCUT2D eigenvalue weighted by Gasteiger charge is -2.39. The average molecular weight is 1040 g/mol. The molecular weight excluding hydrogens is 979 g/mol. The number of rotatable bonds is 19. The molecule has 4 aromatic rings. The van der Waals surface area contributed by atoms with Gasteiger partial charge in [-0.05, 0) is 59.9 Å². The summed E-state index contributed by atoms with van der Waals surface area (Å²) in [7, 11) is 2.87.